The summed E-state index contributed by atoms with van der Waals surface area (Å²) in [5, 5.41) is 37.0. The Morgan fingerprint density at radius 1 is 0.458 bits per heavy atom. The first-order valence-electron chi connectivity index (χ1n) is 17.1. The van der Waals surface area contributed by atoms with Crippen LogP contribution in [0.15, 0.2) is 134 Å². The number of hydrogen-bond donors (Lipinski definition) is 4. The minimum absolute atomic E-state index is 0. The molecule has 290 valence electrons. The third kappa shape index (κ3) is 9.91. The first kappa shape index (κ1) is 41.6. The van der Waals surface area contributed by atoms with E-state index in [0.29, 0.717) is 34.2 Å². The van der Waals surface area contributed by atoms with Gasteiger partial charge in [0.1, 0.15) is 9.75 Å². The molecule has 0 fully saturated rings. The van der Waals surface area contributed by atoms with Crippen molar-refractivity contribution in [2.75, 3.05) is 0 Å². The number of rotatable bonds is 10. The van der Waals surface area contributed by atoms with Gasteiger partial charge in [0.15, 0.2) is 0 Å². The summed E-state index contributed by atoms with van der Waals surface area (Å²) in [6.07, 6.45) is 2.85. The van der Waals surface area contributed by atoms with Crippen molar-refractivity contribution in [3.63, 3.8) is 0 Å². The van der Waals surface area contributed by atoms with E-state index in [2.05, 4.69) is 32.1 Å². The number of carboxylic acid groups (broad SMARTS) is 4. The number of nitrogens with zero attached hydrogens (tertiary/aromatic N) is 4. The molecule has 0 saturated heterocycles. The first-order chi connectivity index (χ1) is 28.0. The van der Waals surface area contributed by atoms with Crippen LogP contribution in [0.3, 0.4) is 0 Å². The van der Waals surface area contributed by atoms with Crippen molar-refractivity contribution in [1.29, 1.82) is 0 Å². The Labute approximate surface area is 356 Å². The van der Waals surface area contributed by atoms with Crippen LogP contribution in [0, 0.1) is 12.1 Å². The number of aromatic nitrogens is 4. The molecule has 2 aromatic carbocycles. The maximum absolute atomic E-state index is 11.3. The molecule has 0 saturated carbocycles. The number of pyridine rings is 4. The van der Waals surface area contributed by atoms with E-state index in [1.165, 1.54) is 36.7 Å². The second kappa shape index (κ2) is 18.5. The number of benzene rings is 2. The van der Waals surface area contributed by atoms with Crippen LogP contribution in [0.1, 0.15) is 40.1 Å². The monoisotopic (exact) mass is 904 g/mol. The molecule has 15 heteroatoms. The predicted molar refractivity (Wildman–Crippen MR) is 218 cm³/mol. The van der Waals surface area contributed by atoms with E-state index in [0.717, 1.165) is 54.7 Å². The zero-order chi connectivity index (χ0) is 40.8. The van der Waals surface area contributed by atoms with Gasteiger partial charge in [0.2, 0.25) is 0 Å². The Morgan fingerprint density at radius 2 is 0.864 bits per heavy atom. The normalized spacial score (nSPS) is 10.4. The molecular formula is C44H26N4O8RuS2. The first-order valence-corrected chi connectivity index (χ1v) is 18.7. The van der Waals surface area contributed by atoms with E-state index < -0.39 is 23.9 Å². The van der Waals surface area contributed by atoms with Gasteiger partial charge < -0.3 is 20.4 Å². The van der Waals surface area contributed by atoms with Crippen LogP contribution in [0.2, 0.25) is 0 Å². The van der Waals surface area contributed by atoms with Crippen LogP contribution in [-0.2, 0) is 19.5 Å². The fourth-order valence-electron chi connectivity index (χ4n) is 5.61. The van der Waals surface area contributed by atoms with Crippen molar-refractivity contribution in [3.05, 3.63) is 167 Å². The van der Waals surface area contributed by atoms with Gasteiger partial charge in [0.05, 0.1) is 33.9 Å². The van der Waals surface area contributed by atoms with Gasteiger partial charge in [-0.15, -0.1) is 94.5 Å². The smallest absolute Gasteiger partial charge is 0.478 e. The third-order valence-electron chi connectivity index (χ3n) is 8.36. The molecule has 4 N–H and O–H groups in total. The fourth-order valence-corrected chi connectivity index (χ4v) is 7.28. The number of carbonyl (C=O) groups is 4. The minimum Gasteiger partial charge on any atom is -0.478 e. The summed E-state index contributed by atoms with van der Waals surface area (Å²) in [5.74, 6) is -4.07. The summed E-state index contributed by atoms with van der Waals surface area (Å²) in [7, 11) is 0. The van der Waals surface area contributed by atoms with Gasteiger partial charge in [-0.3, -0.25) is 19.9 Å². The summed E-state index contributed by atoms with van der Waals surface area (Å²) in [4.78, 5) is 65.0. The maximum Gasteiger partial charge on any atom is 2.00 e. The molecule has 8 rings (SSSR count). The summed E-state index contributed by atoms with van der Waals surface area (Å²) < 4.78 is 0. The summed E-state index contributed by atoms with van der Waals surface area (Å²) in [6, 6.07) is 40.6. The minimum atomic E-state index is -1.05. The zero-order valence-electron chi connectivity index (χ0n) is 30.1. The third-order valence-corrected chi connectivity index (χ3v) is 10.6. The second-order valence-electron chi connectivity index (χ2n) is 12.2. The van der Waals surface area contributed by atoms with Gasteiger partial charge in [0, 0.05) is 22.1 Å². The molecule has 8 aromatic rings. The standard InChI is InChI=1S/2C22H13N2O4S.Ru/c2*25-21(26)14-8-9-23-17(10-14)18-12-15(19-6-7-20(29-19)22(27)28)11-16(24-18)13-4-2-1-3-5-13;/h2*1-4,6-12H,(H,25,26)(H,27,28);/q2*-1;+2. The maximum atomic E-state index is 11.3. The molecule has 6 heterocycles. The van der Waals surface area contributed by atoms with Crippen molar-refractivity contribution in [1.82, 2.24) is 19.9 Å². The van der Waals surface area contributed by atoms with Crippen molar-refractivity contribution in [2.45, 2.75) is 0 Å². The van der Waals surface area contributed by atoms with Gasteiger partial charge in [-0.25, -0.2) is 19.2 Å². The summed E-state index contributed by atoms with van der Waals surface area (Å²) in [6.45, 7) is 0. The van der Waals surface area contributed by atoms with Crippen molar-refractivity contribution in [2.24, 2.45) is 0 Å². The van der Waals surface area contributed by atoms with E-state index in [-0.39, 0.29) is 40.4 Å². The van der Waals surface area contributed by atoms with E-state index in [1.54, 1.807) is 48.5 Å². The van der Waals surface area contributed by atoms with E-state index in [9.17, 15) is 39.6 Å². The van der Waals surface area contributed by atoms with E-state index in [1.807, 2.05) is 48.5 Å². The SMILES string of the molecule is O=C(O)c1ccnc(-c2cc(-c3ccc(C(=O)O)s3)cc(-c3[c-]cccc3)n2)c1.O=C(O)c1ccnc(-c2cc(-c3ccc(C(=O)O)s3)cc(-c3[c-]cccc3)n2)c1.[Ru+2]. The Hall–Kier alpha value is -7.06. The van der Waals surface area contributed by atoms with Crippen molar-refractivity contribution >= 4 is 46.6 Å². The van der Waals surface area contributed by atoms with Gasteiger partial charge >= 0.3 is 43.4 Å². The predicted octanol–water partition coefficient (Wildman–Crippen LogP) is 9.47. The topological polar surface area (TPSA) is 201 Å². The van der Waals surface area contributed by atoms with Crippen molar-refractivity contribution < 1.29 is 59.1 Å². The van der Waals surface area contributed by atoms with Crippen LogP contribution >= 0.6 is 22.7 Å². The van der Waals surface area contributed by atoms with Gasteiger partial charge in [-0.1, -0.05) is 12.1 Å². The quantitative estimate of drug-likeness (QED) is 0.0750. The fraction of sp³-hybridized carbons (Fsp3) is 0. The van der Waals surface area contributed by atoms with E-state index >= 15 is 0 Å². The Bertz CT molecular complexity index is 2640. The second-order valence-corrected chi connectivity index (χ2v) is 14.4. The number of aromatic carboxylic acids is 4. The molecule has 6 aromatic heterocycles. The molecule has 0 radical (unpaired) electrons. The Balaban J connectivity index is 0.000000195. The molecule has 0 aliphatic rings. The molecule has 0 unspecified atom stereocenters. The molecule has 0 amide bonds. The van der Waals surface area contributed by atoms with Gasteiger partial charge in [0.25, 0.3) is 0 Å². The summed E-state index contributed by atoms with van der Waals surface area (Å²) in [5.41, 5.74) is 6.35. The molecule has 0 spiro atoms. The Kier molecular flexibility index (Phi) is 13.0. The van der Waals surface area contributed by atoms with Crippen LogP contribution in [0.4, 0.5) is 0 Å². The molecule has 12 nitrogen and oxygen atoms in total. The molecule has 0 atom stereocenters. The average molecular weight is 904 g/mol. The molecule has 59 heavy (non-hydrogen) atoms. The van der Waals surface area contributed by atoms with Gasteiger partial charge in [-0.05, 0) is 83.2 Å². The number of thiophene rings is 2. The summed E-state index contributed by atoms with van der Waals surface area (Å²) >= 11 is 2.32. The number of carboxylic acids is 4. The van der Waals surface area contributed by atoms with Crippen LogP contribution < -0.4 is 0 Å². The average Bonchev–Trinajstić information content (AvgIpc) is 3.97. The van der Waals surface area contributed by atoms with Gasteiger partial charge in [-0.2, -0.15) is 0 Å². The van der Waals surface area contributed by atoms with E-state index in [4.69, 9.17) is 0 Å². The zero-order valence-corrected chi connectivity index (χ0v) is 33.5. The van der Waals surface area contributed by atoms with Crippen LogP contribution in [0.25, 0.3) is 66.2 Å². The molecular weight excluding hydrogens is 878 g/mol. The van der Waals surface area contributed by atoms with Crippen LogP contribution in [0.5, 0.6) is 0 Å². The molecule has 0 bridgehead atoms. The van der Waals surface area contributed by atoms with Crippen molar-refractivity contribution in [3.8, 4) is 66.2 Å². The van der Waals surface area contributed by atoms with Crippen LogP contribution in [-0.4, -0.2) is 64.2 Å². The number of hydrogen-bond acceptors (Lipinski definition) is 10. The molecule has 0 aliphatic heterocycles. The Morgan fingerprint density at radius 3 is 1.20 bits per heavy atom. The largest absolute Gasteiger partial charge is 2.00 e. The molecule has 0 aliphatic carbocycles.